The summed E-state index contributed by atoms with van der Waals surface area (Å²) < 4.78 is 41.0. The second-order valence-electron chi connectivity index (χ2n) is 5.89. The van der Waals surface area contributed by atoms with E-state index >= 15 is 0 Å². The van der Waals surface area contributed by atoms with Crippen molar-refractivity contribution in [3.8, 4) is 0 Å². The molecule has 0 aliphatic heterocycles. The summed E-state index contributed by atoms with van der Waals surface area (Å²) in [6.45, 7) is 9.47. The monoisotopic (exact) mass is 289 g/mol. The summed E-state index contributed by atoms with van der Waals surface area (Å²) in [5.41, 5.74) is 0.603. The van der Waals surface area contributed by atoms with Crippen LogP contribution in [0.15, 0.2) is 18.2 Å². The minimum absolute atomic E-state index is 0.108. The van der Waals surface area contributed by atoms with Gasteiger partial charge in [0.2, 0.25) is 0 Å². The molecule has 108 valence electrons. The Hall–Kier alpha value is -0.650. The van der Waals surface area contributed by atoms with Gasteiger partial charge in [-0.1, -0.05) is 19.9 Å². The van der Waals surface area contributed by atoms with Crippen LogP contribution in [0.25, 0.3) is 0 Å². The molecule has 0 bridgehead atoms. The van der Waals surface area contributed by atoms with Crippen molar-refractivity contribution in [2.45, 2.75) is 45.4 Å². The van der Waals surface area contributed by atoms with E-state index in [1.54, 1.807) is 0 Å². The van der Waals surface area contributed by atoms with Crippen molar-refractivity contribution >= 4 is 11.4 Å². The van der Waals surface area contributed by atoms with Crippen molar-refractivity contribution in [3.05, 3.63) is 35.4 Å². The fraction of sp³-hybridized carbons (Fsp3) is 0.571. The van der Waals surface area contributed by atoms with Crippen LogP contribution in [-0.2, 0) is 11.4 Å². The summed E-state index contributed by atoms with van der Waals surface area (Å²) in [6, 6.07) is 3.50. The lowest BCUT2D eigenvalue weighted by Gasteiger charge is -2.30. The quantitative estimate of drug-likeness (QED) is 0.858. The number of rotatable bonds is 4. The zero-order valence-electron chi connectivity index (χ0n) is 12.0. The van der Waals surface area contributed by atoms with Gasteiger partial charge in [0, 0.05) is 11.4 Å². The highest BCUT2D eigenvalue weighted by Gasteiger charge is 2.31. The van der Waals surface area contributed by atoms with Crippen molar-refractivity contribution in [3.63, 3.8) is 0 Å². The first-order valence-corrected chi connectivity index (χ1v) is 7.41. The van der Waals surface area contributed by atoms with Gasteiger partial charge in [-0.3, -0.25) is 0 Å². The number of hydrogen-bond acceptors (Lipinski definition) is 2. The molecule has 1 rings (SSSR count). The van der Waals surface area contributed by atoms with E-state index in [1.807, 2.05) is 34.6 Å². The number of hydrogen-bond donors (Lipinski definition) is 1. The molecular formula is C14H21F2NOS. The molecule has 0 radical (unpaired) electrons. The predicted octanol–water partition coefficient (Wildman–Crippen LogP) is 3.71. The van der Waals surface area contributed by atoms with Gasteiger partial charge < -0.3 is 4.55 Å². The lowest BCUT2D eigenvalue weighted by molar-refractivity contribution is 0.446. The summed E-state index contributed by atoms with van der Waals surface area (Å²) in [5.74, 6) is -1.65. The normalized spacial score (nSPS) is 15.6. The van der Waals surface area contributed by atoms with Crippen LogP contribution in [0.1, 0.15) is 46.2 Å². The minimum atomic E-state index is -1.27. The first-order chi connectivity index (χ1) is 8.62. The molecule has 5 heteroatoms. The van der Waals surface area contributed by atoms with Gasteiger partial charge in [-0.15, -0.1) is 4.72 Å². The zero-order valence-corrected chi connectivity index (χ0v) is 12.8. The van der Waals surface area contributed by atoms with Gasteiger partial charge in [-0.25, -0.2) is 8.78 Å². The average Bonchev–Trinajstić information content (AvgIpc) is 2.27. The summed E-state index contributed by atoms with van der Waals surface area (Å²) >= 11 is -1.27. The molecule has 0 aliphatic rings. The van der Waals surface area contributed by atoms with Crippen LogP contribution >= 0.6 is 0 Å². The van der Waals surface area contributed by atoms with Crippen molar-refractivity contribution in [1.29, 1.82) is 0 Å². The van der Waals surface area contributed by atoms with E-state index in [0.29, 0.717) is 5.56 Å². The van der Waals surface area contributed by atoms with Crippen LogP contribution in [-0.4, -0.2) is 9.30 Å². The predicted molar refractivity (Wildman–Crippen MR) is 75.0 cm³/mol. The Morgan fingerprint density at radius 2 is 1.74 bits per heavy atom. The van der Waals surface area contributed by atoms with E-state index in [4.69, 9.17) is 0 Å². The van der Waals surface area contributed by atoms with E-state index in [-0.39, 0.29) is 12.0 Å². The molecular weight excluding hydrogens is 268 g/mol. The molecule has 1 aromatic carbocycles. The third-order valence-electron chi connectivity index (χ3n) is 2.76. The van der Waals surface area contributed by atoms with Gasteiger partial charge in [0.25, 0.3) is 0 Å². The van der Waals surface area contributed by atoms with Crippen LogP contribution in [0.4, 0.5) is 8.78 Å². The standard InChI is InChI=1S/C14H21F2NOS/c1-9(2)13(17-19(18)14(3,4)5)10-6-7-11(15)12(16)8-10/h6-9,13,17H,1-5H3/t13-,19?/m0/s1. The molecule has 0 saturated carbocycles. The van der Waals surface area contributed by atoms with Gasteiger partial charge in [0.05, 0.1) is 6.04 Å². The van der Waals surface area contributed by atoms with E-state index in [9.17, 15) is 13.3 Å². The Kier molecular flexibility index (Phi) is 5.35. The first kappa shape index (κ1) is 16.4. The highest BCUT2D eigenvalue weighted by atomic mass is 32.2. The Labute approximate surface area is 116 Å². The summed E-state index contributed by atoms with van der Waals surface area (Å²) in [7, 11) is 0. The van der Waals surface area contributed by atoms with Gasteiger partial charge >= 0.3 is 0 Å². The van der Waals surface area contributed by atoms with Gasteiger partial charge in [0.1, 0.15) is 4.75 Å². The third-order valence-corrected chi connectivity index (χ3v) is 4.34. The first-order valence-electron chi connectivity index (χ1n) is 6.26. The maximum Gasteiger partial charge on any atom is 0.159 e. The maximum atomic E-state index is 13.3. The van der Waals surface area contributed by atoms with Crippen molar-refractivity contribution in [2.24, 2.45) is 5.92 Å². The molecule has 0 amide bonds. The lowest BCUT2D eigenvalue weighted by atomic mass is 9.97. The van der Waals surface area contributed by atoms with Crippen molar-refractivity contribution in [1.82, 2.24) is 4.72 Å². The minimum Gasteiger partial charge on any atom is -0.598 e. The highest BCUT2D eigenvalue weighted by Crippen LogP contribution is 2.26. The second kappa shape index (κ2) is 6.20. The molecule has 0 aliphatic carbocycles. The second-order valence-corrected chi connectivity index (χ2v) is 7.89. The molecule has 1 aromatic rings. The lowest BCUT2D eigenvalue weighted by Crippen LogP contribution is -2.42. The molecule has 0 heterocycles. The third kappa shape index (κ3) is 4.44. The topological polar surface area (TPSA) is 35.1 Å². The Morgan fingerprint density at radius 1 is 1.16 bits per heavy atom. The van der Waals surface area contributed by atoms with Crippen LogP contribution in [0, 0.1) is 17.6 Å². The Bertz CT molecular complexity index is 432. The molecule has 2 atom stereocenters. The van der Waals surface area contributed by atoms with Crippen molar-refractivity contribution in [2.75, 3.05) is 0 Å². The van der Waals surface area contributed by atoms with Gasteiger partial charge in [0.15, 0.2) is 11.6 Å². The molecule has 1 unspecified atom stereocenters. The molecule has 2 nitrogen and oxygen atoms in total. The Morgan fingerprint density at radius 3 is 2.16 bits per heavy atom. The molecule has 1 N–H and O–H groups in total. The largest absolute Gasteiger partial charge is 0.598 e. The molecule has 0 aromatic heterocycles. The van der Waals surface area contributed by atoms with E-state index < -0.39 is 27.7 Å². The SMILES string of the molecule is CC(C)[C@H](N[S+]([O-])C(C)(C)C)c1ccc(F)c(F)c1. The van der Waals surface area contributed by atoms with Gasteiger partial charge in [-0.2, -0.15) is 0 Å². The van der Waals surface area contributed by atoms with Crippen molar-refractivity contribution < 1.29 is 13.3 Å². The number of halogens is 2. The molecule has 0 spiro atoms. The average molecular weight is 289 g/mol. The highest BCUT2D eigenvalue weighted by molar-refractivity contribution is 7.90. The molecule has 0 saturated heterocycles. The van der Waals surface area contributed by atoms with Crippen LogP contribution in [0.3, 0.4) is 0 Å². The molecule has 19 heavy (non-hydrogen) atoms. The van der Waals surface area contributed by atoms with Gasteiger partial charge in [-0.05, 0) is 44.4 Å². The number of benzene rings is 1. The molecule has 0 fully saturated rings. The summed E-state index contributed by atoms with van der Waals surface area (Å²) in [6.07, 6.45) is 0. The van der Waals surface area contributed by atoms with E-state index in [0.717, 1.165) is 12.1 Å². The van der Waals surface area contributed by atoms with Crippen LogP contribution < -0.4 is 4.72 Å². The summed E-state index contributed by atoms with van der Waals surface area (Å²) in [4.78, 5) is 0. The fourth-order valence-electron chi connectivity index (χ4n) is 1.59. The number of nitrogens with one attached hydrogen (secondary N) is 1. The zero-order chi connectivity index (χ0) is 14.8. The fourth-order valence-corrected chi connectivity index (χ4v) is 2.58. The maximum absolute atomic E-state index is 13.3. The Balaban J connectivity index is 2.98. The van der Waals surface area contributed by atoms with Crippen LogP contribution in [0.5, 0.6) is 0 Å². The van der Waals surface area contributed by atoms with E-state index in [2.05, 4.69) is 4.72 Å². The summed E-state index contributed by atoms with van der Waals surface area (Å²) in [5, 5.41) is 0. The van der Waals surface area contributed by atoms with Crippen LogP contribution in [0.2, 0.25) is 0 Å². The van der Waals surface area contributed by atoms with E-state index in [1.165, 1.54) is 6.07 Å². The smallest absolute Gasteiger partial charge is 0.159 e.